The van der Waals surface area contributed by atoms with Crippen molar-refractivity contribution in [1.29, 1.82) is 0 Å². The third-order valence-corrected chi connectivity index (χ3v) is 1.31. The van der Waals surface area contributed by atoms with Crippen LogP contribution in [-0.2, 0) is 4.79 Å². The van der Waals surface area contributed by atoms with Crippen LogP contribution in [0.3, 0.4) is 0 Å². The number of carboxylic acids is 1. The van der Waals surface area contributed by atoms with Gasteiger partial charge in [0.1, 0.15) is 6.04 Å². The van der Waals surface area contributed by atoms with Crippen LogP contribution in [0, 0.1) is 5.92 Å². The second-order valence-electron chi connectivity index (χ2n) is 2.99. The van der Waals surface area contributed by atoms with E-state index in [1.165, 1.54) is 0 Å². The molecule has 0 unspecified atom stereocenters. The van der Waals surface area contributed by atoms with Gasteiger partial charge in [0.2, 0.25) is 0 Å². The molecule has 0 aliphatic rings. The molecule has 4 N–H and O–H groups in total. The van der Waals surface area contributed by atoms with Gasteiger partial charge < -0.3 is 16.2 Å². The summed E-state index contributed by atoms with van der Waals surface area (Å²) in [5.41, 5.74) is 1.56. The Morgan fingerprint density at radius 3 is 2.58 bits per heavy atom. The first-order valence-corrected chi connectivity index (χ1v) is 3.68. The number of carbonyl (C=O) groups is 2. The van der Waals surface area contributed by atoms with Gasteiger partial charge in [-0.1, -0.05) is 13.8 Å². The first-order chi connectivity index (χ1) is 5.97. The van der Waals surface area contributed by atoms with E-state index >= 15 is 0 Å². The highest BCUT2D eigenvalue weighted by Crippen LogP contribution is 2.04. The lowest BCUT2D eigenvalue weighted by molar-refractivity contribution is -0.139. The van der Waals surface area contributed by atoms with E-state index in [9.17, 15) is 9.59 Å². The van der Waals surface area contributed by atoms with Crippen LogP contribution in [0.15, 0.2) is 0 Å². The number of primary amides is 1. The SMILES string of the molecule is [2H]NC(=O)N[C@@H](CC(C)C)C(=O)O. The number of aliphatic carboxylic acids is 1. The van der Waals surface area contributed by atoms with Gasteiger partial charge in [-0.3, -0.25) is 0 Å². The van der Waals surface area contributed by atoms with Crippen molar-refractivity contribution in [2.75, 3.05) is 0 Å². The quantitative estimate of drug-likeness (QED) is 0.568. The van der Waals surface area contributed by atoms with Gasteiger partial charge in [-0.25, -0.2) is 9.59 Å². The molecule has 0 aromatic rings. The Hall–Kier alpha value is -1.26. The third-order valence-electron chi connectivity index (χ3n) is 1.31. The number of hydrogen-bond donors (Lipinski definition) is 3. The maximum Gasteiger partial charge on any atom is 0.326 e. The second-order valence-corrected chi connectivity index (χ2v) is 2.99. The summed E-state index contributed by atoms with van der Waals surface area (Å²) < 4.78 is 6.47. The van der Waals surface area contributed by atoms with Crippen LogP contribution in [-0.4, -0.2) is 23.1 Å². The molecule has 0 aliphatic heterocycles. The highest BCUT2D eigenvalue weighted by Gasteiger charge is 2.19. The van der Waals surface area contributed by atoms with Crippen molar-refractivity contribution < 1.29 is 16.1 Å². The molecule has 0 spiro atoms. The summed E-state index contributed by atoms with van der Waals surface area (Å²) in [6, 6.07) is -1.72. The molecule has 0 radical (unpaired) electrons. The molecule has 70 valence electrons. The first-order valence-electron chi connectivity index (χ1n) is 4.18. The number of rotatable bonds is 4. The summed E-state index contributed by atoms with van der Waals surface area (Å²) in [5.74, 6) is -0.913. The molecule has 0 aromatic heterocycles. The van der Waals surface area contributed by atoms with Crippen LogP contribution in [0.25, 0.3) is 0 Å². The smallest absolute Gasteiger partial charge is 0.326 e. The monoisotopic (exact) mass is 175 g/mol. The number of hydrogen-bond acceptors (Lipinski definition) is 2. The van der Waals surface area contributed by atoms with Crippen molar-refractivity contribution in [2.45, 2.75) is 26.3 Å². The largest absolute Gasteiger partial charge is 0.480 e. The van der Waals surface area contributed by atoms with Crippen molar-refractivity contribution in [2.24, 2.45) is 11.6 Å². The number of carboxylic acid groups (broad SMARTS) is 1. The van der Waals surface area contributed by atoms with Gasteiger partial charge in [0, 0.05) is 0 Å². The van der Waals surface area contributed by atoms with Crippen molar-refractivity contribution in [3.8, 4) is 0 Å². The first kappa shape index (κ1) is 8.83. The number of nitrogens with two attached hydrogens (primary N) is 1. The summed E-state index contributed by atoms with van der Waals surface area (Å²) in [6.07, 6.45) is 0.350. The number of carbonyl (C=O) groups excluding carboxylic acids is 1. The molecule has 0 bridgehead atoms. The van der Waals surface area contributed by atoms with Gasteiger partial charge in [-0.15, -0.1) is 0 Å². The standard InChI is InChI=1S/C7H14N2O3/c1-4(2)3-5(6(10)11)9-7(8)12/h4-5H,3H2,1-2H3,(H,10,11)(H3,8,9,12)/t5-/m0/s1/i/hD. The van der Waals surface area contributed by atoms with Crippen molar-refractivity contribution in [3.05, 3.63) is 0 Å². The molecular formula is C7H14N2O3. The van der Waals surface area contributed by atoms with Gasteiger partial charge in [0.25, 0.3) is 0 Å². The highest BCUT2D eigenvalue weighted by atomic mass is 16.4. The van der Waals surface area contributed by atoms with E-state index in [-0.39, 0.29) is 5.92 Å². The molecular weight excluding hydrogens is 160 g/mol. The predicted molar refractivity (Wildman–Crippen MR) is 43.6 cm³/mol. The molecule has 0 saturated carbocycles. The number of urea groups is 1. The van der Waals surface area contributed by atoms with Crippen molar-refractivity contribution in [3.63, 3.8) is 0 Å². The summed E-state index contributed by atoms with van der Waals surface area (Å²) in [4.78, 5) is 21.2. The van der Waals surface area contributed by atoms with Gasteiger partial charge in [0.05, 0.1) is 0 Å². The average Bonchev–Trinajstić information content (AvgIpc) is 2.02. The summed E-state index contributed by atoms with van der Waals surface area (Å²) >= 11 is 0. The van der Waals surface area contributed by atoms with E-state index in [1.54, 1.807) is 5.73 Å². The molecule has 1 atom stereocenters. The molecule has 0 rings (SSSR count). The highest BCUT2D eigenvalue weighted by molar-refractivity contribution is 5.81. The van der Waals surface area contributed by atoms with E-state index in [0.717, 1.165) is 0 Å². The van der Waals surface area contributed by atoms with E-state index in [4.69, 9.17) is 6.52 Å². The summed E-state index contributed by atoms with van der Waals surface area (Å²) in [5, 5.41) is 10.8. The minimum absolute atomic E-state index is 0.173. The van der Waals surface area contributed by atoms with Crippen LogP contribution < -0.4 is 11.0 Å². The Balaban J connectivity index is 4.10. The van der Waals surface area contributed by atoms with Gasteiger partial charge in [0.15, 0.2) is 1.41 Å². The number of nitrogens with one attached hydrogen (secondary N) is 1. The van der Waals surface area contributed by atoms with E-state index in [0.29, 0.717) is 6.42 Å². The Kier molecular flexibility index (Phi) is 3.37. The van der Waals surface area contributed by atoms with Crippen LogP contribution in [0.4, 0.5) is 4.79 Å². The maximum atomic E-state index is 10.6. The van der Waals surface area contributed by atoms with Crippen molar-refractivity contribution in [1.82, 2.24) is 5.32 Å². The normalized spacial score (nSPS) is 13.4. The Morgan fingerprint density at radius 1 is 1.67 bits per heavy atom. The third kappa shape index (κ3) is 4.54. The van der Waals surface area contributed by atoms with E-state index < -0.39 is 18.0 Å². The zero-order valence-electron chi connectivity index (χ0n) is 8.13. The van der Waals surface area contributed by atoms with Crippen LogP contribution in [0.5, 0.6) is 0 Å². The molecule has 0 aromatic carbocycles. The summed E-state index contributed by atoms with van der Waals surface area (Å²) in [6.45, 7) is 3.71. The summed E-state index contributed by atoms with van der Waals surface area (Å²) in [7, 11) is 0. The molecule has 0 heterocycles. The fraction of sp³-hybridized carbons (Fsp3) is 0.714. The van der Waals surface area contributed by atoms with E-state index in [1.807, 2.05) is 13.8 Å². The molecule has 2 amide bonds. The molecule has 5 heteroatoms. The molecule has 0 fully saturated rings. The van der Waals surface area contributed by atoms with Crippen LogP contribution in [0.1, 0.15) is 20.3 Å². The number of amides is 2. The Labute approximate surface area is 72.4 Å². The maximum absolute atomic E-state index is 10.6. The lowest BCUT2D eigenvalue weighted by atomic mass is 10.0. The van der Waals surface area contributed by atoms with Crippen molar-refractivity contribution >= 4 is 12.0 Å². The fourth-order valence-corrected chi connectivity index (χ4v) is 0.851. The lowest BCUT2D eigenvalue weighted by Gasteiger charge is -2.14. The Bertz CT molecular complexity index is 196. The topological polar surface area (TPSA) is 92.4 Å². The second kappa shape index (κ2) is 4.58. The minimum atomic E-state index is -1.09. The zero-order chi connectivity index (χ0) is 10.4. The Morgan fingerprint density at radius 2 is 2.25 bits per heavy atom. The van der Waals surface area contributed by atoms with Gasteiger partial charge >= 0.3 is 12.0 Å². The van der Waals surface area contributed by atoms with Gasteiger partial charge in [-0.05, 0) is 12.3 Å². The fourth-order valence-electron chi connectivity index (χ4n) is 0.851. The van der Waals surface area contributed by atoms with Crippen LogP contribution >= 0.6 is 0 Å². The predicted octanol–water partition coefficient (Wildman–Crippen LogP) is 0.154. The minimum Gasteiger partial charge on any atom is -0.480 e. The zero-order valence-corrected chi connectivity index (χ0v) is 7.13. The lowest BCUT2D eigenvalue weighted by Crippen LogP contribution is -2.44. The molecule has 12 heavy (non-hydrogen) atoms. The molecule has 5 nitrogen and oxygen atoms in total. The van der Waals surface area contributed by atoms with E-state index in [2.05, 4.69) is 5.32 Å². The molecule has 0 aliphatic carbocycles. The average molecular weight is 175 g/mol. The molecule has 0 saturated heterocycles. The van der Waals surface area contributed by atoms with Crippen LogP contribution in [0.2, 0.25) is 1.41 Å². The van der Waals surface area contributed by atoms with Gasteiger partial charge in [-0.2, -0.15) is 0 Å².